The van der Waals surface area contributed by atoms with Crippen LogP contribution in [0.5, 0.6) is 5.75 Å². The van der Waals surface area contributed by atoms with Gasteiger partial charge in [-0.3, -0.25) is 0 Å². The Morgan fingerprint density at radius 3 is 2.50 bits per heavy atom. The molecule has 0 bridgehead atoms. The van der Waals surface area contributed by atoms with Gasteiger partial charge in [-0.15, -0.1) is 0 Å². The average molecular weight is 217 g/mol. The van der Waals surface area contributed by atoms with Crippen LogP contribution in [0.25, 0.3) is 0 Å². The SMILES string of the molecule is COc1ccc(C2(C3CCCN3)CC2)cc1. The van der Waals surface area contributed by atoms with Gasteiger partial charge in [0.2, 0.25) is 0 Å². The van der Waals surface area contributed by atoms with Crippen LogP contribution in [0.15, 0.2) is 24.3 Å². The summed E-state index contributed by atoms with van der Waals surface area (Å²) in [6.45, 7) is 1.20. The van der Waals surface area contributed by atoms with Gasteiger partial charge in [0.1, 0.15) is 5.75 Å². The Balaban J connectivity index is 1.84. The van der Waals surface area contributed by atoms with E-state index in [9.17, 15) is 0 Å². The minimum atomic E-state index is 0.447. The first-order valence-corrected chi connectivity index (χ1v) is 6.23. The Bertz CT molecular complexity index is 361. The first kappa shape index (κ1) is 10.2. The number of rotatable bonds is 3. The predicted molar refractivity (Wildman–Crippen MR) is 64.9 cm³/mol. The summed E-state index contributed by atoms with van der Waals surface area (Å²) in [5, 5.41) is 3.66. The highest BCUT2D eigenvalue weighted by atomic mass is 16.5. The Hall–Kier alpha value is -1.02. The smallest absolute Gasteiger partial charge is 0.118 e. The molecule has 2 aliphatic rings. The van der Waals surface area contributed by atoms with Crippen molar-refractivity contribution in [3.8, 4) is 5.75 Å². The summed E-state index contributed by atoms with van der Waals surface area (Å²) < 4.78 is 5.21. The summed E-state index contributed by atoms with van der Waals surface area (Å²) in [7, 11) is 1.72. The van der Waals surface area contributed by atoms with Crippen LogP contribution >= 0.6 is 0 Å². The molecule has 2 heteroatoms. The van der Waals surface area contributed by atoms with E-state index >= 15 is 0 Å². The first-order valence-electron chi connectivity index (χ1n) is 6.23. The van der Waals surface area contributed by atoms with E-state index in [1.807, 2.05) is 0 Å². The van der Waals surface area contributed by atoms with Crippen molar-refractivity contribution in [2.24, 2.45) is 0 Å². The van der Waals surface area contributed by atoms with Crippen molar-refractivity contribution in [3.05, 3.63) is 29.8 Å². The molecule has 86 valence electrons. The second-order valence-corrected chi connectivity index (χ2v) is 5.03. The van der Waals surface area contributed by atoms with E-state index in [-0.39, 0.29) is 0 Å². The molecule has 1 aromatic carbocycles. The van der Waals surface area contributed by atoms with Crippen LogP contribution in [0.3, 0.4) is 0 Å². The van der Waals surface area contributed by atoms with Crippen molar-refractivity contribution < 1.29 is 4.74 Å². The van der Waals surface area contributed by atoms with Crippen LogP contribution in [-0.2, 0) is 5.41 Å². The van der Waals surface area contributed by atoms with Crippen molar-refractivity contribution in [1.82, 2.24) is 5.32 Å². The molecular weight excluding hydrogens is 198 g/mol. The van der Waals surface area contributed by atoms with Gasteiger partial charge in [0.15, 0.2) is 0 Å². The van der Waals surface area contributed by atoms with E-state index in [0.29, 0.717) is 11.5 Å². The predicted octanol–water partition coefficient (Wildman–Crippen LogP) is 2.48. The lowest BCUT2D eigenvalue weighted by Crippen LogP contribution is -2.34. The Morgan fingerprint density at radius 2 is 2.00 bits per heavy atom. The van der Waals surface area contributed by atoms with Gasteiger partial charge in [0, 0.05) is 11.5 Å². The van der Waals surface area contributed by atoms with Crippen LogP contribution in [0.1, 0.15) is 31.2 Å². The number of hydrogen-bond donors (Lipinski definition) is 1. The van der Waals surface area contributed by atoms with Crippen LogP contribution < -0.4 is 10.1 Å². The first-order chi connectivity index (χ1) is 7.85. The minimum Gasteiger partial charge on any atom is -0.497 e. The fourth-order valence-electron chi connectivity index (χ4n) is 3.05. The number of nitrogens with one attached hydrogen (secondary N) is 1. The molecule has 1 saturated heterocycles. The van der Waals surface area contributed by atoms with Gasteiger partial charge in [0.05, 0.1) is 7.11 Å². The molecule has 0 radical (unpaired) electrons. The maximum atomic E-state index is 5.21. The fourth-order valence-corrected chi connectivity index (χ4v) is 3.05. The summed E-state index contributed by atoms with van der Waals surface area (Å²) >= 11 is 0. The summed E-state index contributed by atoms with van der Waals surface area (Å²) in [5.74, 6) is 0.957. The molecule has 0 amide bonds. The zero-order valence-electron chi connectivity index (χ0n) is 9.83. The third kappa shape index (κ3) is 1.52. The van der Waals surface area contributed by atoms with E-state index in [4.69, 9.17) is 4.74 Å². The van der Waals surface area contributed by atoms with Crippen LogP contribution in [0.4, 0.5) is 0 Å². The average Bonchev–Trinajstić information content (AvgIpc) is 2.97. The van der Waals surface area contributed by atoms with Crippen LogP contribution in [0.2, 0.25) is 0 Å². The second kappa shape index (κ2) is 3.77. The molecular formula is C14H19NO. The molecule has 1 heterocycles. The van der Waals surface area contributed by atoms with Gasteiger partial charge >= 0.3 is 0 Å². The molecule has 2 nitrogen and oxygen atoms in total. The molecule has 1 aliphatic carbocycles. The Labute approximate surface area is 97.0 Å². The normalized spacial score (nSPS) is 26.7. The number of hydrogen-bond acceptors (Lipinski definition) is 2. The summed E-state index contributed by atoms with van der Waals surface area (Å²) in [6.07, 6.45) is 5.36. The lowest BCUT2D eigenvalue weighted by Gasteiger charge is -2.23. The van der Waals surface area contributed by atoms with Gasteiger partial charge in [0.25, 0.3) is 0 Å². The van der Waals surface area contributed by atoms with Crippen molar-refractivity contribution in [1.29, 1.82) is 0 Å². The second-order valence-electron chi connectivity index (χ2n) is 5.03. The van der Waals surface area contributed by atoms with Crippen LogP contribution in [0, 0.1) is 0 Å². The fraction of sp³-hybridized carbons (Fsp3) is 0.571. The third-order valence-electron chi connectivity index (χ3n) is 4.18. The number of methoxy groups -OCH3 is 1. The molecule has 1 N–H and O–H groups in total. The molecule has 1 unspecified atom stereocenters. The standard InChI is InChI=1S/C14H19NO/c1-16-12-6-4-11(5-7-12)14(8-9-14)13-3-2-10-15-13/h4-7,13,15H,2-3,8-10H2,1H3. The van der Waals surface area contributed by atoms with Crippen LogP contribution in [-0.4, -0.2) is 19.7 Å². The van der Waals surface area contributed by atoms with Crippen molar-refractivity contribution in [3.63, 3.8) is 0 Å². The molecule has 1 aromatic rings. The van der Waals surface area contributed by atoms with Gasteiger partial charge in [-0.05, 0) is 49.9 Å². The molecule has 3 rings (SSSR count). The van der Waals surface area contributed by atoms with Crippen molar-refractivity contribution >= 4 is 0 Å². The summed E-state index contributed by atoms with van der Waals surface area (Å²) in [5.41, 5.74) is 1.94. The maximum Gasteiger partial charge on any atom is 0.118 e. The monoisotopic (exact) mass is 217 g/mol. The molecule has 1 aliphatic heterocycles. The molecule has 0 spiro atoms. The number of ether oxygens (including phenoxy) is 1. The van der Waals surface area contributed by atoms with E-state index in [2.05, 4.69) is 29.6 Å². The number of benzene rings is 1. The summed E-state index contributed by atoms with van der Waals surface area (Å²) in [6, 6.07) is 9.37. The zero-order chi connectivity index (χ0) is 11.0. The molecule has 1 saturated carbocycles. The Kier molecular flexibility index (Phi) is 2.40. The van der Waals surface area contributed by atoms with E-state index in [1.165, 1.54) is 37.8 Å². The van der Waals surface area contributed by atoms with E-state index < -0.39 is 0 Å². The van der Waals surface area contributed by atoms with Crippen molar-refractivity contribution in [2.45, 2.75) is 37.1 Å². The highest BCUT2D eigenvalue weighted by Crippen LogP contribution is 2.53. The van der Waals surface area contributed by atoms with Gasteiger partial charge in [-0.1, -0.05) is 12.1 Å². The Morgan fingerprint density at radius 1 is 1.25 bits per heavy atom. The quantitative estimate of drug-likeness (QED) is 0.840. The largest absolute Gasteiger partial charge is 0.497 e. The minimum absolute atomic E-state index is 0.447. The molecule has 2 fully saturated rings. The molecule has 0 aromatic heterocycles. The molecule has 1 atom stereocenters. The lowest BCUT2D eigenvalue weighted by atomic mass is 9.87. The lowest BCUT2D eigenvalue weighted by molar-refractivity contribution is 0.413. The highest BCUT2D eigenvalue weighted by Gasteiger charge is 2.51. The molecule has 16 heavy (non-hydrogen) atoms. The van der Waals surface area contributed by atoms with Gasteiger partial charge in [-0.25, -0.2) is 0 Å². The van der Waals surface area contributed by atoms with E-state index in [1.54, 1.807) is 7.11 Å². The zero-order valence-corrected chi connectivity index (χ0v) is 9.83. The topological polar surface area (TPSA) is 21.3 Å². The van der Waals surface area contributed by atoms with Crippen molar-refractivity contribution in [2.75, 3.05) is 13.7 Å². The summed E-state index contributed by atoms with van der Waals surface area (Å²) in [4.78, 5) is 0. The maximum absolute atomic E-state index is 5.21. The van der Waals surface area contributed by atoms with Gasteiger partial charge < -0.3 is 10.1 Å². The highest BCUT2D eigenvalue weighted by molar-refractivity contribution is 5.38. The van der Waals surface area contributed by atoms with E-state index in [0.717, 1.165) is 5.75 Å². The third-order valence-corrected chi connectivity index (χ3v) is 4.18. The van der Waals surface area contributed by atoms with Gasteiger partial charge in [-0.2, -0.15) is 0 Å².